The number of aliphatic carboxylic acids is 1. The van der Waals surface area contributed by atoms with Gasteiger partial charge in [0.2, 0.25) is 17.7 Å². The van der Waals surface area contributed by atoms with Crippen molar-refractivity contribution in [3.05, 3.63) is 115 Å². The fraction of sp³-hybridized carbons (Fsp3) is 0.655. The van der Waals surface area contributed by atoms with Crippen molar-refractivity contribution >= 4 is 74.2 Å². The highest BCUT2D eigenvalue weighted by atomic mass is 32.2. The van der Waals surface area contributed by atoms with E-state index in [2.05, 4.69) is 97.1 Å². The summed E-state index contributed by atoms with van der Waals surface area (Å²) in [4.78, 5) is 56.6. The fourth-order valence-electron chi connectivity index (χ4n) is 12.3. The van der Waals surface area contributed by atoms with Crippen molar-refractivity contribution in [1.82, 2.24) is 16.0 Å². The predicted molar refractivity (Wildman–Crippen MR) is 444 cm³/mol. The smallest absolute Gasteiger partial charge is 0.334 e. The Morgan fingerprint density at radius 1 is 0.544 bits per heavy atom. The number of benzene rings is 2. The number of carboxylic acid groups (broad SMARTS) is 1. The Morgan fingerprint density at radius 2 is 0.921 bits per heavy atom. The molecule has 0 amide bonds. The van der Waals surface area contributed by atoms with Crippen molar-refractivity contribution in [2.45, 2.75) is 270 Å². The van der Waals surface area contributed by atoms with E-state index in [-0.39, 0.29) is 111 Å². The van der Waals surface area contributed by atoms with Crippen LogP contribution in [-0.4, -0.2) is 219 Å². The molecule has 5 N–H and O–H groups in total. The number of hydrogen-bond acceptors (Lipinski definition) is 27. The summed E-state index contributed by atoms with van der Waals surface area (Å²) in [5.74, 6) is 1.28. The zero-order valence-corrected chi connectivity index (χ0v) is 73.6. The summed E-state index contributed by atoms with van der Waals surface area (Å²) in [6, 6.07) is 12.8. The Balaban J connectivity index is 0.000000256. The number of thioether (sulfide) groups is 1. The number of carbonyl (C=O) groups is 4. The van der Waals surface area contributed by atoms with Gasteiger partial charge in [-0.3, -0.25) is 24.3 Å². The first-order chi connectivity index (χ1) is 53.3. The third-order valence-corrected chi connectivity index (χ3v) is 21.8. The van der Waals surface area contributed by atoms with Crippen molar-refractivity contribution in [2.75, 3.05) is 98.1 Å². The molecule has 4 saturated heterocycles. The second kappa shape index (κ2) is 45.5. The van der Waals surface area contributed by atoms with Crippen LogP contribution in [0.25, 0.3) is 0 Å². The third-order valence-electron chi connectivity index (χ3n) is 18.8. The molecule has 0 saturated carbocycles. The summed E-state index contributed by atoms with van der Waals surface area (Å²) >= 11 is 1.68. The minimum atomic E-state index is -3.95. The molecule has 2 aromatic carbocycles. The van der Waals surface area contributed by atoms with Gasteiger partial charge in [0.15, 0.2) is 0 Å². The van der Waals surface area contributed by atoms with E-state index >= 15 is 0 Å². The van der Waals surface area contributed by atoms with Crippen molar-refractivity contribution in [3.8, 4) is 0 Å². The molecule has 0 radical (unpaired) electrons. The van der Waals surface area contributed by atoms with Crippen molar-refractivity contribution in [3.63, 3.8) is 0 Å². The molecule has 8 aliphatic heterocycles. The molecule has 3 unspecified atom stereocenters. The molecule has 114 heavy (non-hydrogen) atoms. The number of nitrogens with zero attached hydrogens (tertiary/aromatic N) is 3. The molecule has 27 nitrogen and oxygen atoms in total. The van der Waals surface area contributed by atoms with Gasteiger partial charge in [0, 0.05) is 70.5 Å². The van der Waals surface area contributed by atoms with Crippen LogP contribution in [0.5, 0.6) is 0 Å². The number of aliphatic imine (C=N–C) groups is 3. The highest BCUT2D eigenvalue weighted by Gasteiger charge is 2.37. The van der Waals surface area contributed by atoms with Crippen LogP contribution in [0.2, 0.25) is 0 Å². The number of aliphatic hydroxyl groups is 1. The van der Waals surface area contributed by atoms with Crippen molar-refractivity contribution in [2.24, 2.45) is 15.0 Å². The minimum absolute atomic E-state index is 0.00814. The van der Waals surface area contributed by atoms with E-state index in [1.807, 2.05) is 54.7 Å². The quantitative estimate of drug-likeness (QED) is 0.0113. The second-order valence-corrected chi connectivity index (χ2v) is 37.6. The highest BCUT2D eigenvalue weighted by molar-refractivity contribution is 7.98. The van der Waals surface area contributed by atoms with Crippen LogP contribution in [0.3, 0.4) is 0 Å². The molecule has 0 spiro atoms. The first kappa shape index (κ1) is 98.2. The number of cyclic esters (lactones) is 1. The number of ether oxygens (including phenoxy) is 9. The van der Waals surface area contributed by atoms with Gasteiger partial charge in [-0.1, -0.05) is 35.4 Å². The molecule has 10 rings (SSSR count). The Morgan fingerprint density at radius 3 is 1.22 bits per heavy atom. The summed E-state index contributed by atoms with van der Waals surface area (Å²) in [5.41, 5.74) is 9.13. The summed E-state index contributed by atoms with van der Waals surface area (Å²) in [5, 5.41) is 29.0. The molecule has 30 heteroatoms. The first-order valence-corrected chi connectivity index (χ1v) is 43.3. The number of nitrogens with one attached hydrogen (secondary N) is 3. The summed E-state index contributed by atoms with van der Waals surface area (Å²) in [6.07, 6.45) is 11.9. The van der Waals surface area contributed by atoms with Crippen LogP contribution in [0.4, 0.5) is 0 Å². The molecular weight excluding hydrogens is 1530 g/mol. The molecule has 0 aromatic heterocycles. The number of rotatable bonds is 32. The van der Waals surface area contributed by atoms with Gasteiger partial charge >= 0.3 is 11.9 Å². The summed E-state index contributed by atoms with van der Waals surface area (Å²) in [6.45, 7) is 44.5. The van der Waals surface area contributed by atoms with E-state index in [0.29, 0.717) is 88.5 Å². The van der Waals surface area contributed by atoms with Gasteiger partial charge in [-0.2, -0.15) is 16.8 Å². The Kier molecular flexibility index (Phi) is 39.2. The van der Waals surface area contributed by atoms with E-state index < -0.39 is 26.2 Å². The van der Waals surface area contributed by atoms with Crippen LogP contribution in [0, 0.1) is 13.8 Å². The SMILES string of the molecule is C/C(CO)=C(\CCC1NC(C)(C)CO1)C1=NC(C)(C)CO1.C/C(COS(=O)(=O)c1ccc(C)cc1)=C(\CCC1NC(C)(C)CO1)C1=NC(C)(C)CO1.C/C(COS(=O)(=O)c1ccc(C)cc1)=C(\CCC=O)C(=O)O.C1CCOC1.CC1=C(CCC=O)C(=O)OC1.CSCOC/C(C)=C(/CCC1NC(C)(C)CO1)C1=NC(C)(C)CO1. The number of hydrogen-bond donors (Lipinski definition) is 5. The second-order valence-electron chi connectivity index (χ2n) is 33.5. The molecule has 0 aliphatic carbocycles. The molecule has 8 aliphatic rings. The Labute approximate surface area is 682 Å². The van der Waals surface area contributed by atoms with Gasteiger partial charge < -0.3 is 62.4 Å². The van der Waals surface area contributed by atoms with E-state index in [4.69, 9.17) is 66.1 Å². The third kappa shape index (κ3) is 34.3. The Bertz CT molecular complexity index is 4010. The highest BCUT2D eigenvalue weighted by Crippen LogP contribution is 2.32. The lowest BCUT2D eigenvalue weighted by atomic mass is 10.0. The topological polar surface area (TPSA) is 352 Å². The molecule has 640 valence electrons. The predicted octanol–water partition coefficient (Wildman–Crippen LogP) is 12.8. The maximum atomic E-state index is 12.6. The normalized spacial score (nSPS) is 22.1. The molecule has 0 bridgehead atoms. The zero-order chi connectivity index (χ0) is 84.9. The lowest BCUT2D eigenvalue weighted by Crippen LogP contribution is -2.39. The van der Waals surface area contributed by atoms with Gasteiger partial charge in [-0.15, -0.1) is 11.8 Å². The molecule has 8 heterocycles. The standard InChI is InChI=1S/C23H34N2O5S.C18H32N2O3S.C16H28N2O3.C15H18O6S.C8H10O3.C4H8O/c1-16-7-9-18(10-8-16)31(26,27)30-13-17(2)19(21-25-23(5,6)15-29-21)11-12-20-24-22(3,4)14-28-20;1-13(9-21-12-24-6)14(16-20-18(4,5)11-23-16)7-8-15-19-17(2,3)10-22-15;1-11(8-19)12(14-18-16(4,5)10-21-14)6-7-13-17-15(2,3)9-20-13;1-11-5-7-13(8-6-11)22(19,20)21-10-12(2)14(15(17)18)4-3-9-16;1-6-5-11-8(10)7(6)3-2-4-9;1-2-4-5-3-1/h7-10,20,24H,11-15H2,1-6H3;15,19H,7-12H2,1-6H3;13,17,19H,6-10H2,1-5H3;5-9H,3-4,10H2,1-2H3,(H,17,18);4H,2-3,5H2,1H3;1-4H2/b19-17-;14-13-;12-11-;14-12-;;. The van der Waals surface area contributed by atoms with Crippen LogP contribution < -0.4 is 16.0 Å². The van der Waals surface area contributed by atoms with Crippen molar-refractivity contribution < 1.29 is 97.2 Å². The summed E-state index contributed by atoms with van der Waals surface area (Å²) < 4.78 is 110. The lowest BCUT2D eigenvalue weighted by Gasteiger charge is -2.18. The number of carboxylic acids is 1. The van der Waals surface area contributed by atoms with E-state index in [9.17, 15) is 41.1 Å². The number of esters is 1. The minimum Gasteiger partial charge on any atom is -0.478 e. The first-order valence-electron chi connectivity index (χ1n) is 39.1. The van der Waals surface area contributed by atoms with E-state index in [0.717, 1.165) is 115 Å². The van der Waals surface area contributed by atoms with Gasteiger partial charge in [-0.05, 0) is 254 Å². The monoisotopic (exact) mass is 1650 g/mol. The van der Waals surface area contributed by atoms with Crippen LogP contribution in [0.1, 0.15) is 206 Å². The maximum absolute atomic E-state index is 12.6. The van der Waals surface area contributed by atoms with Crippen molar-refractivity contribution in [1.29, 1.82) is 0 Å². The van der Waals surface area contributed by atoms with Gasteiger partial charge in [0.05, 0.1) is 78.6 Å². The van der Waals surface area contributed by atoms with Crippen LogP contribution in [0.15, 0.2) is 129 Å². The fourth-order valence-corrected chi connectivity index (χ4v) is 14.4. The van der Waals surface area contributed by atoms with Gasteiger partial charge in [0.1, 0.15) is 57.7 Å². The van der Waals surface area contributed by atoms with Crippen LogP contribution >= 0.6 is 11.8 Å². The number of carbonyl (C=O) groups excluding carboxylic acids is 3. The average Bonchev–Trinajstić information content (AvgIpc) is 1.59. The van der Waals surface area contributed by atoms with Gasteiger partial charge in [-0.25, -0.2) is 24.6 Å². The van der Waals surface area contributed by atoms with Crippen LogP contribution in [-0.2, 0) is 90.4 Å². The van der Waals surface area contributed by atoms with E-state index in [1.54, 1.807) is 48.2 Å². The van der Waals surface area contributed by atoms with E-state index in [1.165, 1.54) is 37.5 Å². The molecule has 4 fully saturated rings. The largest absolute Gasteiger partial charge is 0.478 e. The maximum Gasteiger partial charge on any atom is 0.334 e. The molecular formula is C84H130N6O21S3. The summed E-state index contributed by atoms with van der Waals surface area (Å²) in [7, 11) is -7.80. The average molecular weight is 1660 g/mol. The lowest BCUT2D eigenvalue weighted by molar-refractivity contribution is -0.136. The molecule has 3 atom stereocenters. The van der Waals surface area contributed by atoms with Gasteiger partial charge in [0.25, 0.3) is 20.2 Å². The number of aldehydes is 2. The molecule has 2 aromatic rings. The number of aryl methyl sites for hydroxylation is 2. The zero-order valence-electron chi connectivity index (χ0n) is 71.1. The Hall–Kier alpha value is -6.36. The number of aliphatic hydroxyl groups excluding tert-OH is 1.